The second-order valence-corrected chi connectivity index (χ2v) is 5.45. The number of hydrogen-bond acceptors (Lipinski definition) is 3. The van der Waals surface area contributed by atoms with Crippen LogP contribution in [-0.4, -0.2) is 41.9 Å². The molecule has 19 heavy (non-hydrogen) atoms. The van der Waals surface area contributed by atoms with E-state index >= 15 is 0 Å². The summed E-state index contributed by atoms with van der Waals surface area (Å²) < 4.78 is 0. The van der Waals surface area contributed by atoms with Crippen LogP contribution in [0.3, 0.4) is 0 Å². The second kappa shape index (κ2) is 8.15. The van der Waals surface area contributed by atoms with E-state index in [1.165, 1.54) is 0 Å². The predicted octanol–water partition coefficient (Wildman–Crippen LogP) is 1.02. The van der Waals surface area contributed by atoms with Gasteiger partial charge in [-0.15, -0.1) is 0 Å². The molecule has 0 radical (unpaired) electrons. The lowest BCUT2D eigenvalue weighted by Crippen LogP contribution is -2.46. The summed E-state index contributed by atoms with van der Waals surface area (Å²) in [7, 11) is 0. The highest BCUT2D eigenvalue weighted by molar-refractivity contribution is 5.77. The van der Waals surface area contributed by atoms with Crippen LogP contribution in [0, 0.1) is 0 Å². The van der Waals surface area contributed by atoms with Gasteiger partial charge in [-0.05, 0) is 32.6 Å². The van der Waals surface area contributed by atoms with Crippen LogP contribution in [0.5, 0.6) is 0 Å². The summed E-state index contributed by atoms with van der Waals surface area (Å²) in [5, 5.41) is 2.99. The molecule has 1 aliphatic rings. The molecule has 110 valence electrons. The monoisotopic (exact) mass is 269 g/mol. The molecule has 1 aliphatic heterocycles. The van der Waals surface area contributed by atoms with E-state index in [2.05, 4.69) is 5.32 Å². The highest BCUT2D eigenvalue weighted by Crippen LogP contribution is 2.13. The molecular formula is C14H27N3O2. The molecule has 0 aliphatic carbocycles. The molecule has 0 saturated carbocycles. The van der Waals surface area contributed by atoms with Crippen molar-refractivity contribution in [2.45, 2.75) is 64.5 Å². The van der Waals surface area contributed by atoms with Gasteiger partial charge in [0.1, 0.15) is 0 Å². The maximum atomic E-state index is 12.0. The van der Waals surface area contributed by atoms with Crippen molar-refractivity contribution in [2.75, 3.05) is 13.1 Å². The van der Waals surface area contributed by atoms with E-state index in [9.17, 15) is 9.59 Å². The number of likely N-dealkylation sites (tertiary alicyclic amines) is 1. The Labute approximate surface area is 115 Å². The molecule has 5 heteroatoms. The normalized spacial score (nSPS) is 18.2. The first kappa shape index (κ1) is 16.0. The van der Waals surface area contributed by atoms with Gasteiger partial charge < -0.3 is 16.0 Å². The molecule has 0 aromatic heterocycles. The van der Waals surface area contributed by atoms with E-state index in [0.29, 0.717) is 12.8 Å². The zero-order valence-electron chi connectivity index (χ0n) is 12.2. The fourth-order valence-electron chi connectivity index (χ4n) is 2.34. The molecule has 3 N–H and O–H groups in total. The van der Waals surface area contributed by atoms with Gasteiger partial charge in [-0.25, -0.2) is 0 Å². The largest absolute Gasteiger partial charge is 0.353 e. The molecule has 1 heterocycles. The fourth-order valence-corrected chi connectivity index (χ4v) is 2.34. The number of amides is 2. The van der Waals surface area contributed by atoms with Gasteiger partial charge in [-0.1, -0.05) is 6.92 Å². The third kappa shape index (κ3) is 6.05. The van der Waals surface area contributed by atoms with Crippen LogP contribution < -0.4 is 11.1 Å². The minimum Gasteiger partial charge on any atom is -0.353 e. The molecule has 5 nitrogen and oxygen atoms in total. The third-order valence-electron chi connectivity index (χ3n) is 3.58. The number of carbonyl (C=O) groups is 2. The molecule has 1 atom stereocenters. The molecule has 1 unspecified atom stereocenters. The van der Waals surface area contributed by atoms with E-state index in [4.69, 9.17) is 5.73 Å². The number of nitrogens with one attached hydrogen (secondary N) is 1. The van der Waals surface area contributed by atoms with Gasteiger partial charge in [-0.3, -0.25) is 9.59 Å². The first-order chi connectivity index (χ1) is 9.02. The van der Waals surface area contributed by atoms with Gasteiger partial charge >= 0.3 is 0 Å². The molecule has 1 fully saturated rings. The van der Waals surface area contributed by atoms with Crippen LogP contribution in [0.4, 0.5) is 0 Å². The van der Waals surface area contributed by atoms with Gasteiger partial charge in [0.05, 0.1) is 0 Å². The van der Waals surface area contributed by atoms with E-state index < -0.39 is 0 Å². The quantitative estimate of drug-likeness (QED) is 0.756. The maximum Gasteiger partial charge on any atom is 0.222 e. The van der Waals surface area contributed by atoms with Gasteiger partial charge in [0.25, 0.3) is 0 Å². The summed E-state index contributed by atoms with van der Waals surface area (Å²) in [5.74, 6) is 0.322. The lowest BCUT2D eigenvalue weighted by Gasteiger charge is -2.32. The molecule has 2 amide bonds. The van der Waals surface area contributed by atoms with Gasteiger partial charge in [0.15, 0.2) is 0 Å². The van der Waals surface area contributed by atoms with Crippen molar-refractivity contribution in [1.82, 2.24) is 10.2 Å². The van der Waals surface area contributed by atoms with Gasteiger partial charge in [-0.2, -0.15) is 0 Å². The summed E-state index contributed by atoms with van der Waals surface area (Å²) in [4.78, 5) is 25.2. The SMILES string of the molecule is CCC(=O)NC1CCN(C(=O)CCCC(C)N)CC1. The van der Waals surface area contributed by atoms with Crippen LogP contribution >= 0.6 is 0 Å². The van der Waals surface area contributed by atoms with Crippen LogP contribution in [0.2, 0.25) is 0 Å². The van der Waals surface area contributed by atoms with Crippen molar-refractivity contribution < 1.29 is 9.59 Å². The standard InChI is InChI=1S/C14H27N3O2/c1-3-13(18)16-12-7-9-17(10-8-12)14(19)6-4-5-11(2)15/h11-12H,3-10,15H2,1-2H3,(H,16,18). The second-order valence-electron chi connectivity index (χ2n) is 5.45. The molecule has 0 aromatic rings. The van der Waals surface area contributed by atoms with Crippen molar-refractivity contribution >= 4 is 11.8 Å². The first-order valence-corrected chi connectivity index (χ1v) is 7.35. The summed E-state index contributed by atoms with van der Waals surface area (Å²) in [6.45, 7) is 5.33. The summed E-state index contributed by atoms with van der Waals surface area (Å²) >= 11 is 0. The Bertz CT molecular complexity index is 297. The van der Waals surface area contributed by atoms with Crippen molar-refractivity contribution in [3.63, 3.8) is 0 Å². The smallest absolute Gasteiger partial charge is 0.222 e. The number of carbonyl (C=O) groups excluding carboxylic acids is 2. The van der Waals surface area contributed by atoms with Crippen LogP contribution in [0.15, 0.2) is 0 Å². The Hall–Kier alpha value is -1.10. The highest BCUT2D eigenvalue weighted by Gasteiger charge is 2.23. The zero-order valence-corrected chi connectivity index (χ0v) is 12.2. The molecule has 0 bridgehead atoms. The minimum atomic E-state index is 0.0988. The first-order valence-electron chi connectivity index (χ1n) is 7.35. The Balaban J connectivity index is 2.21. The Morgan fingerprint density at radius 1 is 1.37 bits per heavy atom. The van der Waals surface area contributed by atoms with Crippen molar-refractivity contribution in [3.05, 3.63) is 0 Å². The number of hydrogen-bond donors (Lipinski definition) is 2. The van der Waals surface area contributed by atoms with Gasteiger partial charge in [0.2, 0.25) is 11.8 Å². The van der Waals surface area contributed by atoms with Crippen molar-refractivity contribution in [1.29, 1.82) is 0 Å². The number of rotatable bonds is 6. The Morgan fingerprint density at radius 2 is 2.00 bits per heavy atom. The summed E-state index contributed by atoms with van der Waals surface area (Å²) in [6.07, 6.45) is 4.61. The molecule has 1 saturated heterocycles. The van der Waals surface area contributed by atoms with Crippen LogP contribution in [0.25, 0.3) is 0 Å². The van der Waals surface area contributed by atoms with Crippen molar-refractivity contribution in [3.8, 4) is 0 Å². The third-order valence-corrected chi connectivity index (χ3v) is 3.58. The minimum absolute atomic E-state index is 0.0988. The molecule has 0 spiro atoms. The van der Waals surface area contributed by atoms with Crippen LogP contribution in [0.1, 0.15) is 52.4 Å². The molecule has 0 aromatic carbocycles. The zero-order chi connectivity index (χ0) is 14.3. The lowest BCUT2D eigenvalue weighted by molar-refractivity contribution is -0.132. The Morgan fingerprint density at radius 3 is 2.53 bits per heavy atom. The van der Waals surface area contributed by atoms with E-state index in [-0.39, 0.29) is 23.9 Å². The Kier molecular flexibility index (Phi) is 6.84. The average Bonchev–Trinajstić information content (AvgIpc) is 2.38. The van der Waals surface area contributed by atoms with E-state index in [0.717, 1.165) is 38.8 Å². The van der Waals surface area contributed by atoms with Crippen molar-refractivity contribution in [2.24, 2.45) is 5.73 Å². The maximum absolute atomic E-state index is 12.0. The molecular weight excluding hydrogens is 242 g/mol. The molecule has 1 rings (SSSR count). The summed E-state index contributed by atoms with van der Waals surface area (Å²) in [6, 6.07) is 0.406. The number of piperidine rings is 1. The lowest BCUT2D eigenvalue weighted by atomic mass is 10.0. The van der Waals surface area contributed by atoms with E-state index in [1.807, 2.05) is 18.7 Å². The highest BCUT2D eigenvalue weighted by atomic mass is 16.2. The fraction of sp³-hybridized carbons (Fsp3) is 0.857. The van der Waals surface area contributed by atoms with E-state index in [1.54, 1.807) is 0 Å². The van der Waals surface area contributed by atoms with Crippen LogP contribution in [-0.2, 0) is 9.59 Å². The van der Waals surface area contributed by atoms with Gasteiger partial charge in [0, 0.05) is 38.0 Å². The summed E-state index contributed by atoms with van der Waals surface area (Å²) in [5.41, 5.74) is 5.67. The number of nitrogens with two attached hydrogens (primary N) is 1. The number of nitrogens with zero attached hydrogens (tertiary/aromatic N) is 1. The average molecular weight is 269 g/mol. The topological polar surface area (TPSA) is 75.4 Å². The predicted molar refractivity (Wildman–Crippen MR) is 75.5 cm³/mol.